The number of aromatic nitrogens is 3. The summed E-state index contributed by atoms with van der Waals surface area (Å²) in [5.74, 6) is -1.42. The lowest BCUT2D eigenvalue weighted by Crippen LogP contribution is -2.41. The Labute approximate surface area is 202 Å². The molecule has 1 aliphatic carbocycles. The number of ether oxygens (including phenoxy) is 1. The van der Waals surface area contributed by atoms with E-state index < -0.39 is 17.0 Å². The van der Waals surface area contributed by atoms with Gasteiger partial charge in [0.2, 0.25) is 0 Å². The number of benzene rings is 2. The molecule has 2 heterocycles. The third-order valence-corrected chi connectivity index (χ3v) is 7.42. The normalized spacial score (nSPS) is 21.1. The van der Waals surface area contributed by atoms with Gasteiger partial charge in [0.05, 0.1) is 23.8 Å². The molecule has 2 aromatic heterocycles. The third-order valence-electron chi connectivity index (χ3n) is 7.42. The first-order valence-electron chi connectivity index (χ1n) is 11.9. The molecule has 0 unspecified atom stereocenters. The molecule has 4 aromatic rings. The Balaban J connectivity index is 1.80. The number of aromatic amines is 1. The molecule has 0 amide bonds. The van der Waals surface area contributed by atoms with Crippen molar-refractivity contribution in [3.05, 3.63) is 59.7 Å². The number of aliphatic carboxylic acids is 1. The fraction of sp³-hybridized carbons (Fsp3) is 0.407. The fourth-order valence-corrected chi connectivity index (χ4v) is 5.71. The van der Waals surface area contributed by atoms with Crippen molar-refractivity contribution >= 4 is 27.8 Å². The van der Waals surface area contributed by atoms with E-state index in [4.69, 9.17) is 4.74 Å². The van der Waals surface area contributed by atoms with E-state index in [1.165, 1.54) is 12.1 Å². The first-order valence-corrected chi connectivity index (χ1v) is 11.9. The van der Waals surface area contributed by atoms with Gasteiger partial charge in [-0.1, -0.05) is 13.8 Å². The summed E-state index contributed by atoms with van der Waals surface area (Å²) in [6.07, 6.45) is 3.24. The van der Waals surface area contributed by atoms with Crippen molar-refractivity contribution in [3.63, 3.8) is 0 Å². The molecule has 1 saturated carbocycles. The fourth-order valence-electron chi connectivity index (χ4n) is 5.71. The van der Waals surface area contributed by atoms with Gasteiger partial charge >= 0.3 is 5.97 Å². The van der Waals surface area contributed by atoms with Crippen molar-refractivity contribution in [2.75, 3.05) is 13.7 Å². The molecule has 3 N–H and O–H groups in total. The van der Waals surface area contributed by atoms with E-state index in [0.29, 0.717) is 19.4 Å². The first-order chi connectivity index (χ1) is 16.6. The number of H-pyrrole nitrogens is 1. The summed E-state index contributed by atoms with van der Waals surface area (Å²) in [5.41, 5.74) is 2.78. The summed E-state index contributed by atoms with van der Waals surface area (Å²) in [4.78, 5) is 11.7. The Morgan fingerprint density at radius 2 is 1.94 bits per heavy atom. The second-order valence-electron chi connectivity index (χ2n) is 10.3. The zero-order chi connectivity index (χ0) is 25.0. The monoisotopic (exact) mass is 479 g/mol. The van der Waals surface area contributed by atoms with Gasteiger partial charge in [-0.3, -0.25) is 5.10 Å². The topological polar surface area (TPSA) is 100 Å². The molecule has 1 aliphatic rings. The van der Waals surface area contributed by atoms with E-state index in [2.05, 4.69) is 40.7 Å². The average molecular weight is 480 g/mol. The number of nitrogens with one attached hydrogen (secondary N) is 1. The van der Waals surface area contributed by atoms with Crippen LogP contribution in [0.25, 0.3) is 27.5 Å². The zero-order valence-corrected chi connectivity index (χ0v) is 20.1. The zero-order valence-electron chi connectivity index (χ0n) is 20.1. The van der Waals surface area contributed by atoms with Crippen LogP contribution in [-0.4, -0.2) is 50.3 Å². The van der Waals surface area contributed by atoms with Crippen LogP contribution < -0.4 is 0 Å². The van der Waals surface area contributed by atoms with Gasteiger partial charge in [0.25, 0.3) is 0 Å². The van der Waals surface area contributed by atoms with E-state index in [1.807, 2.05) is 0 Å². The third kappa shape index (κ3) is 3.90. The van der Waals surface area contributed by atoms with Crippen molar-refractivity contribution in [1.82, 2.24) is 14.8 Å². The number of hydrogen-bond acceptors (Lipinski definition) is 4. The summed E-state index contributed by atoms with van der Waals surface area (Å²) in [7, 11) is 1.68. The van der Waals surface area contributed by atoms with Crippen LogP contribution >= 0.6 is 0 Å². The first kappa shape index (κ1) is 23.5. The van der Waals surface area contributed by atoms with Gasteiger partial charge in [0, 0.05) is 34.7 Å². The molecule has 0 radical (unpaired) electrons. The molecule has 0 spiro atoms. The molecule has 5 rings (SSSR count). The van der Waals surface area contributed by atoms with Crippen molar-refractivity contribution < 1.29 is 24.1 Å². The maximum atomic E-state index is 13.9. The Bertz CT molecular complexity index is 1400. The Kier molecular flexibility index (Phi) is 5.68. The minimum absolute atomic E-state index is 0.0466. The van der Waals surface area contributed by atoms with Crippen LogP contribution in [0.5, 0.6) is 0 Å². The van der Waals surface area contributed by atoms with Crippen molar-refractivity contribution in [1.29, 1.82) is 0 Å². The smallest absolute Gasteiger partial charge is 0.335 e. The van der Waals surface area contributed by atoms with Gasteiger partial charge in [-0.2, -0.15) is 5.10 Å². The van der Waals surface area contributed by atoms with Gasteiger partial charge < -0.3 is 19.5 Å². The number of hydrogen-bond donors (Lipinski definition) is 3. The highest BCUT2D eigenvalue weighted by molar-refractivity contribution is 5.99. The maximum absolute atomic E-state index is 13.9. The highest BCUT2D eigenvalue weighted by Gasteiger charge is 2.43. The molecule has 184 valence electrons. The van der Waals surface area contributed by atoms with Gasteiger partial charge in [0.15, 0.2) is 5.60 Å². The SMILES string of the molecule is COCC(C)(C)c1c(C2CCC(O)(C(=O)O)CC2)c2cc3[nH]ncc3cc2n1-c1ccc(F)cc1. The molecule has 1 fully saturated rings. The lowest BCUT2D eigenvalue weighted by molar-refractivity contribution is -0.162. The van der Waals surface area contributed by atoms with E-state index in [-0.39, 0.29) is 24.6 Å². The summed E-state index contributed by atoms with van der Waals surface area (Å²) >= 11 is 0. The Morgan fingerprint density at radius 3 is 2.57 bits per heavy atom. The molecule has 7 nitrogen and oxygen atoms in total. The second kappa shape index (κ2) is 8.46. The second-order valence-corrected chi connectivity index (χ2v) is 10.3. The summed E-state index contributed by atoms with van der Waals surface area (Å²) in [6.45, 7) is 4.71. The number of aliphatic hydroxyl groups is 1. The standard InChI is InChI=1S/C27H30FN3O4/c1-26(2,15-35-3)24-23(16-8-10-27(34,11-9-16)25(32)33)20-13-21-17(14-29-30-21)12-22(20)31(24)19-6-4-18(28)5-7-19/h4-7,12-14,16,34H,8-11,15H2,1-3H3,(H,29,30)(H,32,33). The largest absolute Gasteiger partial charge is 0.479 e. The van der Waals surface area contributed by atoms with E-state index in [9.17, 15) is 19.4 Å². The van der Waals surface area contributed by atoms with Crippen LogP contribution in [0.2, 0.25) is 0 Å². The number of carbonyl (C=O) groups is 1. The molecule has 35 heavy (non-hydrogen) atoms. The van der Waals surface area contributed by atoms with Gasteiger partial charge in [-0.15, -0.1) is 0 Å². The molecular formula is C27H30FN3O4. The minimum Gasteiger partial charge on any atom is -0.479 e. The van der Waals surface area contributed by atoms with Crippen LogP contribution in [0.1, 0.15) is 56.7 Å². The maximum Gasteiger partial charge on any atom is 0.335 e. The van der Waals surface area contributed by atoms with E-state index in [1.54, 1.807) is 25.4 Å². The van der Waals surface area contributed by atoms with E-state index >= 15 is 0 Å². The summed E-state index contributed by atoms with van der Waals surface area (Å²) < 4.78 is 21.7. The average Bonchev–Trinajstić information content (AvgIpc) is 3.41. The number of methoxy groups -OCH3 is 1. The number of halogens is 1. The predicted octanol–water partition coefficient (Wildman–Crippen LogP) is 5.04. The number of rotatable bonds is 6. The van der Waals surface area contributed by atoms with Crippen LogP contribution in [0.15, 0.2) is 42.6 Å². The molecular weight excluding hydrogens is 449 g/mol. The van der Waals surface area contributed by atoms with Gasteiger partial charge in [-0.05, 0) is 73.6 Å². The van der Waals surface area contributed by atoms with Gasteiger partial charge in [-0.25, -0.2) is 9.18 Å². The quantitative estimate of drug-likeness (QED) is 0.360. The number of carboxylic acid groups (broad SMARTS) is 1. The van der Waals surface area contributed by atoms with E-state index in [0.717, 1.165) is 38.8 Å². The molecule has 0 bridgehead atoms. The Hall–Kier alpha value is -3.23. The predicted molar refractivity (Wildman–Crippen MR) is 132 cm³/mol. The van der Waals surface area contributed by atoms with Crippen molar-refractivity contribution in [3.8, 4) is 5.69 Å². The van der Waals surface area contributed by atoms with Crippen LogP contribution in [-0.2, 0) is 14.9 Å². The van der Waals surface area contributed by atoms with Crippen molar-refractivity contribution in [2.24, 2.45) is 0 Å². The molecule has 8 heteroatoms. The lowest BCUT2D eigenvalue weighted by atomic mass is 9.73. The Morgan fingerprint density at radius 1 is 1.26 bits per heavy atom. The summed E-state index contributed by atoms with van der Waals surface area (Å²) in [5, 5.41) is 29.4. The molecule has 2 aromatic carbocycles. The lowest BCUT2D eigenvalue weighted by Gasteiger charge is -2.35. The number of carboxylic acids is 1. The number of fused-ring (bicyclic) bond motifs is 2. The van der Waals surface area contributed by atoms with Crippen LogP contribution in [0.4, 0.5) is 4.39 Å². The number of nitrogens with zero attached hydrogens (tertiary/aromatic N) is 2. The minimum atomic E-state index is -1.69. The molecule has 0 saturated heterocycles. The van der Waals surface area contributed by atoms with Crippen molar-refractivity contribution in [2.45, 2.75) is 56.5 Å². The van der Waals surface area contributed by atoms with Crippen LogP contribution in [0.3, 0.4) is 0 Å². The van der Waals surface area contributed by atoms with Gasteiger partial charge in [0.1, 0.15) is 5.82 Å². The van der Waals surface area contributed by atoms with Crippen LogP contribution in [0, 0.1) is 5.82 Å². The molecule has 0 aliphatic heterocycles. The highest BCUT2D eigenvalue weighted by atomic mass is 19.1. The summed E-state index contributed by atoms with van der Waals surface area (Å²) in [6, 6.07) is 10.6. The highest BCUT2D eigenvalue weighted by Crippen LogP contribution is 2.47. The molecule has 0 atom stereocenters.